The summed E-state index contributed by atoms with van der Waals surface area (Å²) in [6.45, 7) is 0. The quantitative estimate of drug-likeness (QED) is 0.605. The molecule has 0 fully saturated rings. The zero-order valence-electron chi connectivity index (χ0n) is 8.20. The zero-order chi connectivity index (χ0) is 9.83. The number of benzene rings is 2. The first-order valence-corrected chi connectivity index (χ1v) is 5.24. The summed E-state index contributed by atoms with van der Waals surface area (Å²) in [6.07, 6.45) is 5.37. The molecule has 2 aromatic carbocycles. The van der Waals surface area contributed by atoms with E-state index in [0.29, 0.717) is 0 Å². The minimum absolute atomic E-state index is 1.04. The van der Waals surface area contributed by atoms with Gasteiger partial charge >= 0.3 is 0 Å². The van der Waals surface area contributed by atoms with Gasteiger partial charge in [-0.3, -0.25) is 0 Å². The van der Waals surface area contributed by atoms with Crippen molar-refractivity contribution < 1.29 is 0 Å². The lowest BCUT2D eigenvalue weighted by Gasteiger charge is -2.11. The summed E-state index contributed by atoms with van der Waals surface area (Å²) in [4.78, 5) is 4.66. The van der Waals surface area contributed by atoms with Crippen LogP contribution in [-0.4, -0.2) is 5.71 Å². The molecule has 15 heavy (non-hydrogen) atoms. The summed E-state index contributed by atoms with van der Waals surface area (Å²) < 4.78 is 0. The summed E-state index contributed by atoms with van der Waals surface area (Å²) in [5, 5.41) is 2.65. The summed E-state index contributed by atoms with van der Waals surface area (Å²) >= 11 is 0. The Morgan fingerprint density at radius 1 is 1.07 bits per heavy atom. The average molecular weight is 191 g/mol. The maximum absolute atomic E-state index is 4.66. The number of nitrogens with zero attached hydrogens (tertiary/aromatic N) is 1. The third-order valence-electron chi connectivity index (χ3n) is 3.22. The second kappa shape index (κ2) is 2.37. The first kappa shape index (κ1) is 7.41. The van der Waals surface area contributed by atoms with Crippen LogP contribution in [0.25, 0.3) is 10.8 Å². The van der Waals surface area contributed by atoms with Gasteiger partial charge in [0.2, 0.25) is 0 Å². The molecule has 0 aromatic heterocycles. The largest absolute Gasteiger partial charge is 0.248 e. The van der Waals surface area contributed by atoms with Crippen LogP contribution >= 0.6 is 0 Å². The molecule has 1 heteroatoms. The predicted octanol–water partition coefficient (Wildman–Crippen LogP) is 3.39. The molecule has 70 valence electrons. The van der Waals surface area contributed by atoms with Crippen molar-refractivity contribution in [1.82, 2.24) is 0 Å². The molecule has 0 bridgehead atoms. The molecule has 0 saturated carbocycles. The smallest absolute Gasteiger partial charge is 0.0722 e. The van der Waals surface area contributed by atoms with E-state index in [1.54, 1.807) is 0 Å². The molecule has 1 aliphatic carbocycles. The summed E-state index contributed by atoms with van der Waals surface area (Å²) in [5.41, 5.74) is 5.05. The van der Waals surface area contributed by atoms with E-state index in [0.717, 1.165) is 17.8 Å². The number of aliphatic imine (C=N–C) groups is 1. The van der Waals surface area contributed by atoms with Gasteiger partial charge in [0.15, 0.2) is 0 Å². The Kier molecular flexibility index (Phi) is 1.17. The van der Waals surface area contributed by atoms with Crippen LogP contribution in [0.4, 0.5) is 5.69 Å². The molecule has 0 spiro atoms. The number of hydrogen-bond acceptors (Lipinski definition) is 1. The van der Waals surface area contributed by atoms with Gasteiger partial charge in [0.1, 0.15) is 0 Å². The van der Waals surface area contributed by atoms with E-state index < -0.39 is 0 Å². The Balaban J connectivity index is 2.30. The lowest BCUT2D eigenvalue weighted by atomic mass is 9.91. The van der Waals surface area contributed by atoms with Crippen LogP contribution in [0.1, 0.15) is 11.1 Å². The van der Waals surface area contributed by atoms with Gasteiger partial charge in [0, 0.05) is 10.9 Å². The van der Waals surface area contributed by atoms with Gasteiger partial charge in [-0.2, -0.15) is 0 Å². The summed E-state index contributed by atoms with van der Waals surface area (Å²) in [5.74, 6) is 0. The van der Waals surface area contributed by atoms with E-state index in [4.69, 9.17) is 0 Å². The monoisotopic (exact) mass is 191 g/mol. The molecule has 2 aliphatic rings. The van der Waals surface area contributed by atoms with Crippen LogP contribution in [0.3, 0.4) is 0 Å². The summed E-state index contributed by atoms with van der Waals surface area (Å²) in [6, 6.07) is 10.8. The highest BCUT2D eigenvalue weighted by atomic mass is 14.8. The third-order valence-corrected chi connectivity index (χ3v) is 3.22. The minimum atomic E-state index is 1.04. The Labute approximate surface area is 87.8 Å². The van der Waals surface area contributed by atoms with E-state index in [9.17, 15) is 0 Å². The first-order chi connectivity index (χ1) is 7.43. The van der Waals surface area contributed by atoms with E-state index >= 15 is 0 Å². The Morgan fingerprint density at radius 2 is 2.07 bits per heavy atom. The molecule has 0 N–H and O–H groups in total. The Hall–Kier alpha value is -1.89. The van der Waals surface area contributed by atoms with Crippen molar-refractivity contribution in [3.63, 3.8) is 0 Å². The SMILES string of the molecule is C1=CC2=Nc3cccc4ccc(c2c34)C1. The fourth-order valence-corrected chi connectivity index (χ4v) is 2.56. The number of allylic oxidation sites excluding steroid dienone is 2. The Morgan fingerprint density at radius 3 is 3.07 bits per heavy atom. The van der Waals surface area contributed by atoms with Gasteiger partial charge in [-0.15, -0.1) is 0 Å². The average Bonchev–Trinajstić information content (AvgIpc) is 2.66. The summed E-state index contributed by atoms with van der Waals surface area (Å²) in [7, 11) is 0. The standard InChI is InChI=1S/C14H9N/c1-3-9-7-8-10-4-2-6-12-14(10)13(9)11(5-1)15-12/h1-3,5-8H,4H2. The molecule has 4 rings (SSSR count). The van der Waals surface area contributed by atoms with Crippen molar-refractivity contribution in [2.75, 3.05) is 0 Å². The van der Waals surface area contributed by atoms with Crippen molar-refractivity contribution in [3.05, 3.63) is 53.6 Å². The maximum Gasteiger partial charge on any atom is 0.0722 e. The highest BCUT2D eigenvalue weighted by Crippen LogP contribution is 2.38. The molecule has 1 aliphatic heterocycles. The topological polar surface area (TPSA) is 12.4 Å². The normalized spacial score (nSPS) is 15.9. The van der Waals surface area contributed by atoms with Crippen molar-refractivity contribution in [3.8, 4) is 0 Å². The van der Waals surface area contributed by atoms with Crippen LogP contribution in [0.5, 0.6) is 0 Å². The van der Waals surface area contributed by atoms with Gasteiger partial charge in [-0.25, -0.2) is 4.99 Å². The molecule has 0 saturated heterocycles. The van der Waals surface area contributed by atoms with Crippen molar-refractivity contribution >= 4 is 22.2 Å². The van der Waals surface area contributed by atoms with Crippen LogP contribution in [0.2, 0.25) is 0 Å². The number of rotatable bonds is 0. The molecular weight excluding hydrogens is 182 g/mol. The molecule has 0 unspecified atom stereocenters. The van der Waals surface area contributed by atoms with E-state index in [2.05, 4.69) is 47.5 Å². The molecule has 1 heterocycles. The van der Waals surface area contributed by atoms with Gasteiger partial charge in [-0.05, 0) is 29.5 Å². The first-order valence-electron chi connectivity index (χ1n) is 5.24. The van der Waals surface area contributed by atoms with E-state index in [1.807, 2.05) is 0 Å². The highest BCUT2D eigenvalue weighted by molar-refractivity contribution is 6.25. The van der Waals surface area contributed by atoms with Crippen LogP contribution < -0.4 is 0 Å². The minimum Gasteiger partial charge on any atom is -0.248 e. The Bertz CT molecular complexity index is 648. The van der Waals surface area contributed by atoms with Crippen LogP contribution in [0.15, 0.2) is 47.5 Å². The number of hydrogen-bond donors (Lipinski definition) is 0. The molecular formula is C14H9N. The molecule has 0 radical (unpaired) electrons. The van der Waals surface area contributed by atoms with E-state index in [1.165, 1.54) is 21.9 Å². The molecule has 0 amide bonds. The predicted molar refractivity (Wildman–Crippen MR) is 63.0 cm³/mol. The molecule has 1 nitrogen and oxygen atoms in total. The van der Waals surface area contributed by atoms with Crippen molar-refractivity contribution in [2.24, 2.45) is 4.99 Å². The third kappa shape index (κ3) is 0.809. The van der Waals surface area contributed by atoms with Gasteiger partial charge in [0.05, 0.1) is 11.4 Å². The van der Waals surface area contributed by atoms with Crippen molar-refractivity contribution in [1.29, 1.82) is 0 Å². The van der Waals surface area contributed by atoms with Crippen LogP contribution in [0, 0.1) is 0 Å². The van der Waals surface area contributed by atoms with Gasteiger partial charge in [0.25, 0.3) is 0 Å². The van der Waals surface area contributed by atoms with Gasteiger partial charge < -0.3 is 0 Å². The van der Waals surface area contributed by atoms with E-state index in [-0.39, 0.29) is 0 Å². The van der Waals surface area contributed by atoms with Crippen LogP contribution in [-0.2, 0) is 6.42 Å². The van der Waals surface area contributed by atoms with Gasteiger partial charge in [-0.1, -0.05) is 30.3 Å². The van der Waals surface area contributed by atoms with Crippen molar-refractivity contribution in [2.45, 2.75) is 6.42 Å². The second-order valence-electron chi connectivity index (χ2n) is 4.08. The highest BCUT2D eigenvalue weighted by Gasteiger charge is 2.21. The lowest BCUT2D eigenvalue weighted by Crippen LogP contribution is -2.03. The zero-order valence-corrected chi connectivity index (χ0v) is 8.20. The fourth-order valence-electron chi connectivity index (χ4n) is 2.56. The molecule has 2 aromatic rings. The lowest BCUT2D eigenvalue weighted by molar-refractivity contribution is 1.26. The second-order valence-corrected chi connectivity index (χ2v) is 4.08. The fraction of sp³-hybridized carbons (Fsp3) is 0.0714. The maximum atomic E-state index is 4.66. The molecule has 0 atom stereocenters.